The molecule has 1 atom stereocenters. The lowest BCUT2D eigenvalue weighted by molar-refractivity contribution is -0.140. The normalized spacial score (nSPS) is 25.9. The average Bonchev–Trinajstić information content (AvgIpc) is 2.73. The quantitative estimate of drug-likeness (QED) is 0.826. The van der Waals surface area contributed by atoms with Crippen LogP contribution in [0.3, 0.4) is 0 Å². The summed E-state index contributed by atoms with van der Waals surface area (Å²) in [7, 11) is 0. The standard InChI is InChI=1S/C21H31N3O2/c1-2-22-16-18-6-4-3-5-17(18)15-20(22)21(25)24-11-9-23(10-12-24)19-7-13-26-14-8-19/h3-6,19-20H,2,7-16H2,1H3/t20-/m0/s1. The number of piperazine rings is 1. The Bertz CT molecular complexity index is 621. The van der Waals surface area contributed by atoms with Crippen molar-refractivity contribution in [2.45, 2.75) is 44.8 Å². The summed E-state index contributed by atoms with van der Waals surface area (Å²) in [4.78, 5) is 20.3. The number of ether oxygens (including phenoxy) is 1. The number of rotatable bonds is 3. The number of amides is 1. The van der Waals surface area contributed by atoms with Crippen LogP contribution in [0.4, 0.5) is 0 Å². The van der Waals surface area contributed by atoms with E-state index in [-0.39, 0.29) is 6.04 Å². The van der Waals surface area contributed by atoms with Gasteiger partial charge in [0.05, 0.1) is 6.04 Å². The lowest BCUT2D eigenvalue weighted by atomic mass is 9.93. The van der Waals surface area contributed by atoms with Gasteiger partial charge in [0.1, 0.15) is 0 Å². The van der Waals surface area contributed by atoms with E-state index in [1.807, 2.05) is 0 Å². The van der Waals surface area contributed by atoms with Gasteiger partial charge in [-0.05, 0) is 36.9 Å². The minimum atomic E-state index is 0.00419. The minimum Gasteiger partial charge on any atom is -0.381 e. The molecule has 0 N–H and O–H groups in total. The van der Waals surface area contributed by atoms with Gasteiger partial charge in [-0.2, -0.15) is 0 Å². The fraction of sp³-hybridized carbons (Fsp3) is 0.667. The topological polar surface area (TPSA) is 36.0 Å². The first-order valence-electron chi connectivity index (χ1n) is 10.2. The minimum absolute atomic E-state index is 0.00419. The van der Waals surface area contributed by atoms with Crippen LogP contribution in [0.25, 0.3) is 0 Å². The molecule has 2 fully saturated rings. The summed E-state index contributed by atoms with van der Waals surface area (Å²) in [5.41, 5.74) is 2.72. The second kappa shape index (κ2) is 8.07. The van der Waals surface area contributed by atoms with Gasteiger partial charge in [0.25, 0.3) is 0 Å². The molecule has 0 spiro atoms. The van der Waals surface area contributed by atoms with Gasteiger partial charge >= 0.3 is 0 Å². The van der Waals surface area contributed by atoms with Crippen LogP contribution >= 0.6 is 0 Å². The van der Waals surface area contributed by atoms with Crippen molar-refractivity contribution >= 4 is 5.91 Å². The van der Waals surface area contributed by atoms with E-state index in [0.717, 1.165) is 71.7 Å². The van der Waals surface area contributed by atoms with Gasteiger partial charge in [-0.3, -0.25) is 14.6 Å². The zero-order valence-corrected chi connectivity index (χ0v) is 15.9. The SMILES string of the molecule is CCN1Cc2ccccc2C[C@H]1C(=O)N1CCN(C2CCOCC2)CC1. The molecule has 5 heteroatoms. The number of likely N-dealkylation sites (N-methyl/N-ethyl adjacent to an activating group) is 1. The van der Waals surface area contributed by atoms with Crippen LogP contribution in [0, 0.1) is 0 Å². The zero-order chi connectivity index (χ0) is 17.9. The molecular formula is C21H31N3O2. The lowest BCUT2D eigenvalue weighted by Crippen LogP contribution is -2.58. The second-order valence-electron chi connectivity index (χ2n) is 7.76. The molecule has 142 valence electrons. The van der Waals surface area contributed by atoms with Crippen molar-refractivity contribution in [2.75, 3.05) is 45.9 Å². The zero-order valence-electron chi connectivity index (χ0n) is 15.9. The largest absolute Gasteiger partial charge is 0.381 e. The highest BCUT2D eigenvalue weighted by atomic mass is 16.5. The molecule has 0 bridgehead atoms. The Hall–Kier alpha value is -1.43. The third-order valence-electron chi connectivity index (χ3n) is 6.37. The first-order chi connectivity index (χ1) is 12.8. The summed E-state index contributed by atoms with van der Waals surface area (Å²) in [6, 6.07) is 9.23. The molecule has 0 aromatic heterocycles. The molecule has 26 heavy (non-hydrogen) atoms. The summed E-state index contributed by atoms with van der Waals surface area (Å²) in [5, 5.41) is 0. The molecule has 0 radical (unpaired) electrons. The van der Waals surface area contributed by atoms with Crippen LogP contribution < -0.4 is 0 Å². The molecule has 2 saturated heterocycles. The van der Waals surface area contributed by atoms with E-state index in [4.69, 9.17) is 4.74 Å². The Morgan fingerprint density at radius 1 is 1.08 bits per heavy atom. The summed E-state index contributed by atoms with van der Waals surface area (Å²) in [6.45, 7) is 9.50. The predicted octanol–water partition coefficient (Wildman–Crippen LogP) is 1.76. The number of fused-ring (bicyclic) bond motifs is 1. The first-order valence-corrected chi connectivity index (χ1v) is 10.2. The summed E-state index contributed by atoms with van der Waals surface area (Å²) >= 11 is 0. The molecule has 0 unspecified atom stereocenters. The van der Waals surface area contributed by atoms with Gasteiger partial charge < -0.3 is 9.64 Å². The Morgan fingerprint density at radius 3 is 2.46 bits per heavy atom. The van der Waals surface area contributed by atoms with E-state index < -0.39 is 0 Å². The van der Waals surface area contributed by atoms with Gasteiger partial charge in [-0.25, -0.2) is 0 Å². The first kappa shape index (κ1) is 18.0. The number of nitrogens with zero attached hydrogens (tertiary/aromatic N) is 3. The van der Waals surface area contributed by atoms with Gasteiger partial charge in [0, 0.05) is 52.0 Å². The maximum atomic E-state index is 13.3. The highest BCUT2D eigenvalue weighted by molar-refractivity contribution is 5.82. The van der Waals surface area contributed by atoms with Crippen LogP contribution in [-0.2, 0) is 22.5 Å². The van der Waals surface area contributed by atoms with Crippen LogP contribution in [0.2, 0.25) is 0 Å². The lowest BCUT2D eigenvalue weighted by Gasteiger charge is -2.43. The molecule has 1 aromatic carbocycles. The molecule has 3 heterocycles. The summed E-state index contributed by atoms with van der Waals surface area (Å²) in [6.07, 6.45) is 3.12. The molecule has 4 rings (SSSR count). The third kappa shape index (κ3) is 3.66. The average molecular weight is 357 g/mol. The Morgan fingerprint density at radius 2 is 1.77 bits per heavy atom. The highest BCUT2D eigenvalue weighted by Crippen LogP contribution is 2.25. The third-order valence-corrected chi connectivity index (χ3v) is 6.37. The van der Waals surface area contributed by atoms with Crippen LogP contribution in [0.15, 0.2) is 24.3 Å². The molecule has 5 nitrogen and oxygen atoms in total. The van der Waals surface area contributed by atoms with Crippen LogP contribution in [0.1, 0.15) is 30.9 Å². The second-order valence-corrected chi connectivity index (χ2v) is 7.76. The molecule has 0 aliphatic carbocycles. The van der Waals surface area contributed by atoms with E-state index in [1.165, 1.54) is 11.1 Å². The van der Waals surface area contributed by atoms with Gasteiger partial charge in [-0.15, -0.1) is 0 Å². The van der Waals surface area contributed by atoms with E-state index in [2.05, 4.69) is 45.9 Å². The van der Waals surface area contributed by atoms with E-state index in [0.29, 0.717) is 11.9 Å². The summed E-state index contributed by atoms with van der Waals surface area (Å²) < 4.78 is 5.49. The maximum Gasteiger partial charge on any atom is 0.240 e. The molecule has 1 amide bonds. The Balaban J connectivity index is 1.38. The van der Waals surface area contributed by atoms with Crippen molar-refractivity contribution in [3.8, 4) is 0 Å². The number of hydrogen-bond acceptors (Lipinski definition) is 4. The number of carbonyl (C=O) groups excluding carboxylic acids is 1. The van der Waals surface area contributed by atoms with Crippen molar-refractivity contribution in [3.05, 3.63) is 35.4 Å². The monoisotopic (exact) mass is 357 g/mol. The number of hydrogen-bond donors (Lipinski definition) is 0. The fourth-order valence-electron chi connectivity index (χ4n) is 4.72. The van der Waals surface area contributed by atoms with Crippen molar-refractivity contribution in [1.82, 2.24) is 14.7 Å². The fourth-order valence-corrected chi connectivity index (χ4v) is 4.72. The maximum absolute atomic E-state index is 13.3. The van der Waals surface area contributed by atoms with Crippen LogP contribution in [-0.4, -0.2) is 78.6 Å². The molecule has 3 aliphatic heterocycles. The van der Waals surface area contributed by atoms with E-state index in [1.54, 1.807) is 0 Å². The number of carbonyl (C=O) groups is 1. The molecule has 0 saturated carbocycles. The predicted molar refractivity (Wildman–Crippen MR) is 102 cm³/mol. The van der Waals surface area contributed by atoms with Crippen molar-refractivity contribution < 1.29 is 9.53 Å². The van der Waals surface area contributed by atoms with Crippen molar-refractivity contribution in [1.29, 1.82) is 0 Å². The van der Waals surface area contributed by atoms with Crippen molar-refractivity contribution in [3.63, 3.8) is 0 Å². The highest BCUT2D eigenvalue weighted by Gasteiger charge is 2.35. The Kier molecular flexibility index (Phi) is 5.57. The van der Waals surface area contributed by atoms with Crippen molar-refractivity contribution in [2.24, 2.45) is 0 Å². The van der Waals surface area contributed by atoms with E-state index >= 15 is 0 Å². The molecule has 3 aliphatic rings. The number of benzene rings is 1. The van der Waals surface area contributed by atoms with Crippen LogP contribution in [0.5, 0.6) is 0 Å². The van der Waals surface area contributed by atoms with E-state index in [9.17, 15) is 4.79 Å². The van der Waals surface area contributed by atoms with Gasteiger partial charge in [-0.1, -0.05) is 31.2 Å². The van der Waals surface area contributed by atoms with Gasteiger partial charge in [0.2, 0.25) is 5.91 Å². The Labute approximate surface area is 156 Å². The molecular weight excluding hydrogens is 326 g/mol. The van der Waals surface area contributed by atoms with Gasteiger partial charge in [0.15, 0.2) is 0 Å². The summed E-state index contributed by atoms with van der Waals surface area (Å²) in [5.74, 6) is 0.327. The smallest absolute Gasteiger partial charge is 0.240 e. The molecule has 1 aromatic rings.